The topological polar surface area (TPSA) is 20.2 Å². The molecule has 0 bridgehead atoms. The van der Waals surface area contributed by atoms with Crippen molar-refractivity contribution in [3.05, 3.63) is 42.3 Å². The Labute approximate surface area is 122 Å². The molecule has 1 N–H and O–H groups in total. The Morgan fingerprint density at radius 1 is 1.24 bits per heavy atom. The average Bonchev–Trinajstić information content (AvgIpc) is 2.01. The molecule has 0 amide bonds. The molecule has 0 fully saturated rings. The van der Waals surface area contributed by atoms with Crippen LogP contribution in [0.15, 0.2) is 18.2 Å². The van der Waals surface area contributed by atoms with Gasteiger partial charge in [0.05, 0.1) is 11.7 Å². The van der Waals surface area contributed by atoms with E-state index in [0.29, 0.717) is 11.1 Å². The summed E-state index contributed by atoms with van der Waals surface area (Å²) < 4.78 is 36.7. The van der Waals surface area contributed by atoms with Crippen LogP contribution in [-0.2, 0) is 6.18 Å². The van der Waals surface area contributed by atoms with Crippen LogP contribution in [0.3, 0.4) is 0 Å². The number of aryl methyl sites for hydroxylation is 1. The normalized spacial score (nSPS) is 11.6. The molecule has 0 aliphatic rings. The first-order chi connectivity index (χ1) is 6.32. The number of aliphatic hydroxyl groups excluding tert-OH is 1. The molecule has 17 heavy (non-hydrogen) atoms. The second-order valence-electron chi connectivity index (χ2n) is 3.25. The van der Waals surface area contributed by atoms with Gasteiger partial charge in [0.2, 0.25) is 0 Å². The maximum Gasteiger partial charge on any atom is 2.00 e. The smallest absolute Gasteiger partial charge is 1.00 e. The van der Waals surface area contributed by atoms with E-state index in [9.17, 15) is 18.3 Å². The number of rotatable bonds is 1. The standard InChI is InChI=1S/C10H11F3O.CH3.ClH.Mg/c1-6-5-8(10(11,12)13)3-4-9(6)7(2)14;;;/h3-5,7,14H,1-2H3;1H3;1H;/q;-1;;+2/p-1. The Kier molecular flexibility index (Phi) is 10.7. The van der Waals surface area contributed by atoms with Crippen molar-refractivity contribution in [1.29, 1.82) is 0 Å². The molecule has 0 radical (unpaired) electrons. The van der Waals surface area contributed by atoms with E-state index >= 15 is 0 Å². The molecule has 1 aromatic carbocycles. The number of halogens is 4. The van der Waals surface area contributed by atoms with Crippen molar-refractivity contribution in [2.75, 3.05) is 0 Å². The molecule has 0 aliphatic carbocycles. The summed E-state index contributed by atoms with van der Waals surface area (Å²) >= 11 is 0. The first-order valence-corrected chi connectivity index (χ1v) is 4.18. The molecule has 1 aromatic rings. The van der Waals surface area contributed by atoms with Gasteiger partial charge >= 0.3 is 29.2 Å². The maximum atomic E-state index is 12.2. The number of benzene rings is 1. The third-order valence-corrected chi connectivity index (χ3v) is 2.05. The molecule has 94 valence electrons. The fourth-order valence-electron chi connectivity index (χ4n) is 1.32. The third-order valence-electron chi connectivity index (χ3n) is 2.05. The molecule has 1 nitrogen and oxygen atoms in total. The average molecular weight is 279 g/mol. The monoisotopic (exact) mass is 278 g/mol. The van der Waals surface area contributed by atoms with E-state index in [1.165, 1.54) is 13.0 Å². The van der Waals surface area contributed by atoms with Crippen molar-refractivity contribution in [1.82, 2.24) is 0 Å². The van der Waals surface area contributed by atoms with Gasteiger partial charge in [0.25, 0.3) is 0 Å². The van der Waals surface area contributed by atoms with Gasteiger partial charge in [0, 0.05) is 0 Å². The predicted molar refractivity (Wildman–Crippen MR) is 59.0 cm³/mol. The van der Waals surface area contributed by atoms with Crippen LogP contribution >= 0.6 is 0 Å². The fraction of sp³-hybridized carbons (Fsp3) is 0.364. The van der Waals surface area contributed by atoms with Crippen molar-refractivity contribution in [2.24, 2.45) is 0 Å². The van der Waals surface area contributed by atoms with Crippen LogP contribution in [-0.4, -0.2) is 28.2 Å². The van der Waals surface area contributed by atoms with Crippen LogP contribution in [0, 0.1) is 14.4 Å². The Bertz CT molecular complexity index is 340. The number of alkyl halides is 3. The summed E-state index contributed by atoms with van der Waals surface area (Å²) in [6.45, 7) is 3.08. The first kappa shape index (κ1) is 22.2. The van der Waals surface area contributed by atoms with E-state index in [2.05, 4.69) is 0 Å². The molecule has 1 unspecified atom stereocenters. The molecule has 0 heterocycles. The Morgan fingerprint density at radius 2 is 1.71 bits per heavy atom. The summed E-state index contributed by atoms with van der Waals surface area (Å²) in [5.74, 6) is 0. The molecule has 0 saturated heterocycles. The van der Waals surface area contributed by atoms with Crippen LogP contribution < -0.4 is 12.4 Å². The van der Waals surface area contributed by atoms with E-state index in [0.717, 1.165) is 12.1 Å². The minimum absolute atomic E-state index is 0. The van der Waals surface area contributed by atoms with Crippen molar-refractivity contribution in [3.63, 3.8) is 0 Å². The van der Waals surface area contributed by atoms with Crippen LogP contribution in [0.4, 0.5) is 13.2 Å². The van der Waals surface area contributed by atoms with Gasteiger partial charge in [0.15, 0.2) is 0 Å². The molecular formula is C11H14ClF3MgO. The SMILES string of the molecule is Cc1cc(C(F)(F)F)ccc1C(C)O.[CH3-].[Cl-].[Mg+2]. The molecule has 0 aromatic heterocycles. The Balaban J connectivity index is -0.000000653. The third kappa shape index (κ3) is 5.95. The zero-order valence-electron chi connectivity index (χ0n) is 9.98. The quantitative estimate of drug-likeness (QED) is 0.573. The van der Waals surface area contributed by atoms with E-state index in [4.69, 9.17) is 0 Å². The molecule has 0 spiro atoms. The zero-order chi connectivity index (χ0) is 10.9. The van der Waals surface area contributed by atoms with Crippen molar-refractivity contribution < 1.29 is 30.7 Å². The molecule has 6 heteroatoms. The summed E-state index contributed by atoms with van der Waals surface area (Å²) in [6.07, 6.45) is -5.06. The van der Waals surface area contributed by atoms with Gasteiger partial charge in [-0.05, 0) is 37.1 Å². The van der Waals surface area contributed by atoms with Crippen molar-refractivity contribution in [2.45, 2.75) is 26.1 Å². The number of aliphatic hydroxyl groups is 1. The van der Waals surface area contributed by atoms with Gasteiger partial charge < -0.3 is 24.9 Å². The van der Waals surface area contributed by atoms with Crippen LogP contribution in [0.2, 0.25) is 0 Å². The summed E-state index contributed by atoms with van der Waals surface area (Å²) in [4.78, 5) is 0. The van der Waals surface area contributed by atoms with Gasteiger partial charge in [0.1, 0.15) is 0 Å². The van der Waals surface area contributed by atoms with Gasteiger partial charge in [-0.2, -0.15) is 13.2 Å². The Morgan fingerprint density at radius 3 is 2.00 bits per heavy atom. The summed E-state index contributed by atoms with van der Waals surface area (Å²) in [5, 5.41) is 9.22. The minimum atomic E-state index is -4.32. The summed E-state index contributed by atoms with van der Waals surface area (Å²) in [5.41, 5.74) is 0.298. The van der Waals surface area contributed by atoms with Crippen LogP contribution in [0.1, 0.15) is 29.7 Å². The molecule has 0 saturated carbocycles. The van der Waals surface area contributed by atoms with Gasteiger partial charge in [-0.25, -0.2) is 0 Å². The predicted octanol–water partition coefficient (Wildman–Crippen LogP) is 0.141. The molecule has 1 rings (SSSR count). The van der Waals surface area contributed by atoms with Gasteiger partial charge in [-0.1, -0.05) is 6.07 Å². The minimum Gasteiger partial charge on any atom is -1.00 e. The molecular weight excluding hydrogens is 265 g/mol. The second kappa shape index (κ2) is 8.18. The first-order valence-electron chi connectivity index (χ1n) is 4.18. The van der Waals surface area contributed by atoms with Gasteiger partial charge in [-0.15, -0.1) is 0 Å². The van der Waals surface area contributed by atoms with Crippen molar-refractivity contribution in [3.8, 4) is 0 Å². The Hall–Kier alpha value is 0.0262. The maximum absolute atomic E-state index is 12.2. The zero-order valence-corrected chi connectivity index (χ0v) is 12.1. The molecule has 0 aliphatic heterocycles. The largest absolute Gasteiger partial charge is 2.00 e. The summed E-state index contributed by atoms with van der Waals surface area (Å²) in [7, 11) is 0. The number of hydrogen-bond donors (Lipinski definition) is 1. The van der Waals surface area contributed by atoms with Crippen LogP contribution in [0.5, 0.6) is 0 Å². The van der Waals surface area contributed by atoms with E-state index in [1.807, 2.05) is 0 Å². The van der Waals surface area contributed by atoms with Crippen LogP contribution in [0.25, 0.3) is 0 Å². The van der Waals surface area contributed by atoms with E-state index in [-0.39, 0.29) is 42.9 Å². The van der Waals surface area contributed by atoms with Gasteiger partial charge in [-0.3, -0.25) is 0 Å². The van der Waals surface area contributed by atoms with E-state index in [1.54, 1.807) is 6.92 Å². The fourth-order valence-corrected chi connectivity index (χ4v) is 1.32. The number of hydrogen-bond acceptors (Lipinski definition) is 1. The van der Waals surface area contributed by atoms with Crippen molar-refractivity contribution >= 4 is 23.1 Å². The van der Waals surface area contributed by atoms with E-state index < -0.39 is 17.8 Å². The molecule has 1 atom stereocenters. The summed E-state index contributed by atoms with van der Waals surface area (Å²) in [6, 6.07) is 3.33. The second-order valence-corrected chi connectivity index (χ2v) is 3.25.